The van der Waals surface area contributed by atoms with Crippen LogP contribution in [-0.2, 0) is 16.1 Å². The first-order valence-electron chi connectivity index (χ1n) is 6.87. The average molecular weight is 276 g/mol. The zero-order valence-electron chi connectivity index (χ0n) is 11.8. The molecule has 0 saturated carbocycles. The molecule has 0 bridgehead atoms. The van der Waals surface area contributed by atoms with Crippen LogP contribution in [0.3, 0.4) is 0 Å². The molecule has 2 rings (SSSR count). The van der Waals surface area contributed by atoms with E-state index < -0.39 is 6.04 Å². The van der Waals surface area contributed by atoms with Gasteiger partial charge in [-0.2, -0.15) is 0 Å². The molecule has 5 heteroatoms. The monoisotopic (exact) mass is 276 g/mol. The van der Waals surface area contributed by atoms with Gasteiger partial charge >= 0.3 is 0 Å². The zero-order valence-corrected chi connectivity index (χ0v) is 11.8. The number of rotatable bonds is 4. The molecule has 0 aromatic heterocycles. The number of nitrogens with zero attached hydrogens (tertiary/aromatic N) is 1. The van der Waals surface area contributed by atoms with Crippen LogP contribution in [0.25, 0.3) is 0 Å². The number of piperazine rings is 1. The molecule has 1 aliphatic heterocycles. The maximum Gasteiger partial charge on any atom is 0.246 e. The Balaban J connectivity index is 2.11. The predicted octanol–water partition coefficient (Wildman–Crippen LogP) is 1.27. The van der Waals surface area contributed by atoms with Crippen LogP contribution in [0.2, 0.25) is 0 Å². The van der Waals surface area contributed by atoms with Crippen molar-refractivity contribution in [1.82, 2.24) is 10.2 Å². The molecule has 20 heavy (non-hydrogen) atoms. The molecule has 5 nitrogen and oxygen atoms in total. The second-order valence-electron chi connectivity index (χ2n) is 5.29. The van der Waals surface area contributed by atoms with Gasteiger partial charge in [0.05, 0.1) is 6.54 Å². The zero-order chi connectivity index (χ0) is 14.7. The Morgan fingerprint density at radius 1 is 1.35 bits per heavy atom. The van der Waals surface area contributed by atoms with Crippen molar-refractivity contribution in [2.24, 2.45) is 5.92 Å². The molecule has 2 unspecified atom stereocenters. The van der Waals surface area contributed by atoms with E-state index in [0.29, 0.717) is 6.54 Å². The van der Waals surface area contributed by atoms with Gasteiger partial charge in [-0.1, -0.05) is 32.4 Å². The van der Waals surface area contributed by atoms with Crippen LogP contribution >= 0.6 is 0 Å². The summed E-state index contributed by atoms with van der Waals surface area (Å²) in [4.78, 5) is 25.7. The second kappa shape index (κ2) is 5.94. The SMILES string of the molecule is CCC(C)C1NC(=O)CN(Cc2ccc(O)cc2)C1=O. The molecular formula is C15H20N2O3. The molecule has 2 amide bonds. The van der Waals surface area contributed by atoms with E-state index in [1.165, 1.54) is 0 Å². The maximum absolute atomic E-state index is 12.4. The Morgan fingerprint density at radius 2 is 2.00 bits per heavy atom. The van der Waals surface area contributed by atoms with Crippen molar-refractivity contribution in [3.63, 3.8) is 0 Å². The van der Waals surface area contributed by atoms with E-state index in [-0.39, 0.29) is 30.0 Å². The van der Waals surface area contributed by atoms with Crippen LogP contribution < -0.4 is 5.32 Å². The third-order valence-corrected chi connectivity index (χ3v) is 3.75. The molecule has 2 atom stereocenters. The van der Waals surface area contributed by atoms with Crippen molar-refractivity contribution in [1.29, 1.82) is 0 Å². The molecule has 1 saturated heterocycles. The van der Waals surface area contributed by atoms with E-state index in [9.17, 15) is 14.7 Å². The van der Waals surface area contributed by atoms with Crippen molar-refractivity contribution >= 4 is 11.8 Å². The van der Waals surface area contributed by atoms with Gasteiger partial charge in [0.25, 0.3) is 0 Å². The molecule has 1 heterocycles. The van der Waals surface area contributed by atoms with Crippen molar-refractivity contribution < 1.29 is 14.7 Å². The summed E-state index contributed by atoms with van der Waals surface area (Å²) < 4.78 is 0. The molecule has 108 valence electrons. The minimum atomic E-state index is -0.432. The average Bonchev–Trinajstić information content (AvgIpc) is 2.44. The van der Waals surface area contributed by atoms with Gasteiger partial charge in [-0.25, -0.2) is 0 Å². The quantitative estimate of drug-likeness (QED) is 0.870. The van der Waals surface area contributed by atoms with E-state index in [4.69, 9.17) is 0 Å². The third-order valence-electron chi connectivity index (χ3n) is 3.75. The Kier molecular flexibility index (Phi) is 4.27. The number of phenols is 1. The molecular weight excluding hydrogens is 256 g/mol. The number of hydrogen-bond donors (Lipinski definition) is 2. The van der Waals surface area contributed by atoms with Crippen molar-refractivity contribution in [2.45, 2.75) is 32.9 Å². The Hall–Kier alpha value is -2.04. The number of benzene rings is 1. The van der Waals surface area contributed by atoms with E-state index in [0.717, 1.165) is 12.0 Å². The third kappa shape index (κ3) is 3.10. The van der Waals surface area contributed by atoms with Gasteiger partial charge < -0.3 is 15.3 Å². The lowest BCUT2D eigenvalue weighted by Crippen LogP contribution is -2.59. The van der Waals surface area contributed by atoms with E-state index in [1.54, 1.807) is 29.2 Å². The fraction of sp³-hybridized carbons (Fsp3) is 0.467. The number of amides is 2. The first kappa shape index (κ1) is 14.4. The number of carbonyl (C=O) groups excluding carboxylic acids is 2. The van der Waals surface area contributed by atoms with Crippen molar-refractivity contribution in [3.05, 3.63) is 29.8 Å². The van der Waals surface area contributed by atoms with Gasteiger partial charge in [0.2, 0.25) is 11.8 Å². The summed E-state index contributed by atoms with van der Waals surface area (Å²) in [5, 5.41) is 12.0. The van der Waals surface area contributed by atoms with Crippen LogP contribution in [0.5, 0.6) is 5.75 Å². The number of carbonyl (C=O) groups is 2. The lowest BCUT2D eigenvalue weighted by Gasteiger charge is -2.35. The first-order valence-corrected chi connectivity index (χ1v) is 6.87. The van der Waals surface area contributed by atoms with Crippen molar-refractivity contribution in [2.75, 3.05) is 6.54 Å². The molecule has 0 aliphatic carbocycles. The Bertz CT molecular complexity index is 498. The van der Waals surface area contributed by atoms with Crippen LogP contribution in [0.1, 0.15) is 25.8 Å². The second-order valence-corrected chi connectivity index (χ2v) is 5.29. The number of aromatic hydroxyl groups is 1. The summed E-state index contributed by atoms with van der Waals surface area (Å²) in [5.41, 5.74) is 0.897. The summed E-state index contributed by atoms with van der Waals surface area (Å²) in [5.74, 6) is 0.156. The molecule has 1 fully saturated rings. The largest absolute Gasteiger partial charge is 0.508 e. The van der Waals surface area contributed by atoms with Crippen molar-refractivity contribution in [3.8, 4) is 5.75 Å². The van der Waals surface area contributed by atoms with E-state index in [2.05, 4.69) is 5.32 Å². The van der Waals surface area contributed by atoms with Crippen LogP contribution in [0.15, 0.2) is 24.3 Å². The minimum absolute atomic E-state index is 0.0352. The summed E-state index contributed by atoms with van der Waals surface area (Å²) in [6.45, 7) is 4.45. The van der Waals surface area contributed by atoms with Gasteiger partial charge in [0, 0.05) is 6.54 Å². The molecule has 0 radical (unpaired) electrons. The summed E-state index contributed by atoms with van der Waals surface area (Å²) in [6, 6.07) is 6.24. The summed E-state index contributed by atoms with van der Waals surface area (Å²) in [6.07, 6.45) is 0.837. The van der Waals surface area contributed by atoms with Gasteiger partial charge in [0.15, 0.2) is 0 Å². The highest BCUT2D eigenvalue weighted by atomic mass is 16.3. The first-order chi connectivity index (χ1) is 9.51. The molecule has 2 N–H and O–H groups in total. The van der Waals surface area contributed by atoms with Crippen LogP contribution in [-0.4, -0.2) is 34.4 Å². The standard InChI is InChI=1S/C15H20N2O3/c1-3-10(2)14-15(20)17(9-13(19)16-14)8-11-4-6-12(18)7-5-11/h4-7,10,14,18H,3,8-9H2,1-2H3,(H,16,19). The normalized spacial score (nSPS) is 20.7. The molecule has 1 aliphatic rings. The molecule has 1 aromatic rings. The number of nitrogens with one attached hydrogen (secondary N) is 1. The van der Waals surface area contributed by atoms with Gasteiger partial charge in [-0.05, 0) is 23.6 Å². The van der Waals surface area contributed by atoms with Crippen LogP contribution in [0.4, 0.5) is 0 Å². The Morgan fingerprint density at radius 3 is 2.60 bits per heavy atom. The lowest BCUT2D eigenvalue weighted by molar-refractivity contribution is -0.146. The summed E-state index contributed by atoms with van der Waals surface area (Å²) in [7, 11) is 0. The predicted molar refractivity (Wildman–Crippen MR) is 74.9 cm³/mol. The fourth-order valence-corrected chi connectivity index (χ4v) is 2.31. The van der Waals surface area contributed by atoms with Crippen LogP contribution in [0, 0.1) is 5.92 Å². The molecule has 0 spiro atoms. The Labute approximate surface area is 118 Å². The number of phenolic OH excluding ortho intramolecular Hbond substituents is 1. The highest BCUT2D eigenvalue weighted by Crippen LogP contribution is 2.17. The molecule has 1 aromatic carbocycles. The van der Waals surface area contributed by atoms with Gasteiger partial charge in [0.1, 0.15) is 11.8 Å². The fourth-order valence-electron chi connectivity index (χ4n) is 2.31. The summed E-state index contributed by atoms with van der Waals surface area (Å²) >= 11 is 0. The highest BCUT2D eigenvalue weighted by Gasteiger charge is 2.35. The highest BCUT2D eigenvalue weighted by molar-refractivity contribution is 5.95. The lowest BCUT2D eigenvalue weighted by atomic mass is 9.96. The van der Waals surface area contributed by atoms with Gasteiger partial charge in [-0.3, -0.25) is 9.59 Å². The minimum Gasteiger partial charge on any atom is -0.508 e. The van der Waals surface area contributed by atoms with E-state index >= 15 is 0 Å². The van der Waals surface area contributed by atoms with E-state index in [1.807, 2.05) is 13.8 Å². The maximum atomic E-state index is 12.4. The smallest absolute Gasteiger partial charge is 0.246 e. The number of hydrogen-bond acceptors (Lipinski definition) is 3. The van der Waals surface area contributed by atoms with Gasteiger partial charge in [-0.15, -0.1) is 0 Å². The topological polar surface area (TPSA) is 69.6 Å².